The van der Waals surface area contributed by atoms with Gasteiger partial charge in [0.05, 0.1) is 13.2 Å². The second-order valence-electron chi connectivity index (χ2n) is 9.44. The molecule has 38 heavy (non-hydrogen) atoms. The molecule has 0 aromatic heterocycles. The first-order valence-corrected chi connectivity index (χ1v) is 12.6. The molecule has 3 N–H and O–H groups in total. The van der Waals surface area contributed by atoms with Crippen LogP contribution in [0.4, 0.5) is 0 Å². The van der Waals surface area contributed by atoms with E-state index in [9.17, 15) is 14.4 Å². The summed E-state index contributed by atoms with van der Waals surface area (Å²) in [5, 5.41) is 18.9. The number of carbonyl (C=O) groups excluding carboxylic acids is 1. The highest BCUT2D eigenvalue weighted by molar-refractivity contribution is 5.95. The van der Waals surface area contributed by atoms with Crippen LogP contribution in [0.3, 0.4) is 0 Å². The van der Waals surface area contributed by atoms with E-state index in [4.69, 9.17) is 24.4 Å². The van der Waals surface area contributed by atoms with Crippen LogP contribution in [0.15, 0.2) is 60.7 Å². The Hall–Kier alpha value is -3.89. The molecule has 2 bridgehead atoms. The van der Waals surface area contributed by atoms with Gasteiger partial charge in [0.15, 0.2) is 17.6 Å². The number of carbonyl (C=O) groups is 3. The lowest BCUT2D eigenvalue weighted by Crippen LogP contribution is -2.57. The molecule has 2 atom stereocenters. The Bertz CT molecular complexity index is 1130. The third-order valence-corrected chi connectivity index (χ3v) is 6.68. The van der Waals surface area contributed by atoms with E-state index in [0.29, 0.717) is 55.0 Å². The van der Waals surface area contributed by atoms with Gasteiger partial charge in [-0.25, -0.2) is 9.59 Å². The number of aliphatic carboxylic acids is 2. The number of hydrogen-bond acceptors (Lipinski definition) is 7. The Morgan fingerprint density at radius 2 is 1.71 bits per heavy atom. The molecule has 4 aliphatic rings. The lowest BCUT2D eigenvalue weighted by molar-refractivity contribution is -0.134. The van der Waals surface area contributed by atoms with E-state index in [-0.39, 0.29) is 18.1 Å². The van der Waals surface area contributed by atoms with E-state index >= 15 is 0 Å². The van der Waals surface area contributed by atoms with Crippen LogP contribution < -0.4 is 14.8 Å². The summed E-state index contributed by atoms with van der Waals surface area (Å²) in [5.74, 6) is -0.672. The van der Waals surface area contributed by atoms with Crippen molar-refractivity contribution in [1.29, 1.82) is 0 Å². The maximum Gasteiger partial charge on any atom is 0.328 e. The van der Waals surface area contributed by atoms with Crippen LogP contribution in [0, 0.1) is 5.92 Å². The van der Waals surface area contributed by atoms with Gasteiger partial charge in [-0.05, 0) is 55.6 Å². The molecule has 0 saturated carbocycles. The van der Waals surface area contributed by atoms with Crippen molar-refractivity contribution in [3.8, 4) is 11.5 Å². The van der Waals surface area contributed by atoms with Crippen LogP contribution in [0.1, 0.15) is 28.8 Å². The first kappa shape index (κ1) is 27.2. The number of fused-ring (bicyclic) bond motifs is 4. The number of carboxylic acids is 2. The molecule has 202 valence electrons. The van der Waals surface area contributed by atoms with E-state index in [1.165, 1.54) is 12.8 Å². The van der Waals surface area contributed by atoms with Gasteiger partial charge in [-0.2, -0.15) is 0 Å². The standard InChI is InChI=1S/C24H28N2O4.C4H4O4/c27-24(25-21-13-26-10-8-18(21)9-11-26)19-6-7-22-23(12-19)30-20(16-29-22)15-28-14-17-4-2-1-3-5-17;5-3(6)1-2-4(7)8/h1-7,12,18,20-21H,8-11,13-16H2,(H,25,27);1-2H,(H,5,6)(H,7,8)/b;2-1+/t20-,21+;/m1./s1. The molecule has 3 saturated heterocycles. The van der Waals surface area contributed by atoms with E-state index in [1.807, 2.05) is 42.5 Å². The van der Waals surface area contributed by atoms with Gasteiger partial charge in [0, 0.05) is 30.3 Å². The zero-order valence-electron chi connectivity index (χ0n) is 21.0. The molecule has 0 spiro atoms. The summed E-state index contributed by atoms with van der Waals surface area (Å²) in [5.41, 5.74) is 1.74. The van der Waals surface area contributed by atoms with Gasteiger partial charge < -0.3 is 34.6 Å². The monoisotopic (exact) mass is 524 g/mol. The highest BCUT2D eigenvalue weighted by Gasteiger charge is 2.35. The zero-order valence-corrected chi connectivity index (χ0v) is 21.0. The first-order chi connectivity index (χ1) is 18.4. The summed E-state index contributed by atoms with van der Waals surface area (Å²) in [4.78, 5) is 34.4. The van der Waals surface area contributed by atoms with Gasteiger partial charge >= 0.3 is 11.9 Å². The Labute approximate surface area is 220 Å². The summed E-state index contributed by atoms with van der Waals surface area (Å²) in [6, 6.07) is 15.7. The number of benzene rings is 2. The van der Waals surface area contributed by atoms with Crippen molar-refractivity contribution in [1.82, 2.24) is 10.2 Å². The van der Waals surface area contributed by atoms with Crippen molar-refractivity contribution in [3.05, 3.63) is 71.8 Å². The molecule has 0 unspecified atom stereocenters. The fraction of sp³-hybridized carbons (Fsp3) is 0.393. The predicted molar refractivity (Wildman–Crippen MR) is 137 cm³/mol. The van der Waals surface area contributed by atoms with Crippen molar-refractivity contribution in [2.75, 3.05) is 32.8 Å². The van der Waals surface area contributed by atoms with Gasteiger partial charge in [0.25, 0.3) is 5.91 Å². The molecule has 2 aromatic rings. The minimum Gasteiger partial charge on any atom is -0.486 e. The average molecular weight is 525 g/mol. The first-order valence-electron chi connectivity index (χ1n) is 12.6. The van der Waals surface area contributed by atoms with Gasteiger partial charge in [-0.15, -0.1) is 0 Å². The smallest absolute Gasteiger partial charge is 0.328 e. The van der Waals surface area contributed by atoms with E-state index in [2.05, 4.69) is 10.2 Å². The van der Waals surface area contributed by atoms with Gasteiger partial charge in [-0.3, -0.25) is 4.79 Å². The largest absolute Gasteiger partial charge is 0.486 e. The number of nitrogens with zero attached hydrogens (tertiary/aromatic N) is 1. The number of nitrogens with one attached hydrogen (secondary N) is 1. The minimum atomic E-state index is -1.26. The molecule has 6 rings (SSSR count). The van der Waals surface area contributed by atoms with Gasteiger partial charge in [0.2, 0.25) is 0 Å². The Kier molecular flexibility index (Phi) is 9.34. The van der Waals surface area contributed by atoms with Gasteiger partial charge in [-0.1, -0.05) is 30.3 Å². The minimum absolute atomic E-state index is 0.0393. The number of ether oxygens (including phenoxy) is 3. The lowest BCUT2D eigenvalue weighted by atomic mass is 9.84. The van der Waals surface area contributed by atoms with Crippen LogP contribution in [-0.2, 0) is 20.9 Å². The molecule has 1 amide bonds. The van der Waals surface area contributed by atoms with Crippen molar-refractivity contribution in [2.45, 2.75) is 31.6 Å². The number of amides is 1. The fourth-order valence-electron chi connectivity index (χ4n) is 4.74. The highest BCUT2D eigenvalue weighted by Crippen LogP contribution is 2.33. The van der Waals surface area contributed by atoms with E-state index < -0.39 is 11.9 Å². The van der Waals surface area contributed by atoms with Crippen molar-refractivity contribution in [3.63, 3.8) is 0 Å². The molecular formula is C28H32N2O8. The van der Waals surface area contributed by atoms with Gasteiger partial charge in [0.1, 0.15) is 6.61 Å². The summed E-state index contributed by atoms with van der Waals surface area (Å²) < 4.78 is 17.7. The Balaban J connectivity index is 0.000000368. The van der Waals surface area contributed by atoms with Crippen molar-refractivity contribution in [2.24, 2.45) is 5.92 Å². The Morgan fingerprint density at radius 1 is 1.00 bits per heavy atom. The third kappa shape index (κ3) is 7.80. The molecule has 10 nitrogen and oxygen atoms in total. The quantitative estimate of drug-likeness (QED) is 0.445. The van der Waals surface area contributed by atoms with Crippen LogP contribution in [0.2, 0.25) is 0 Å². The van der Waals surface area contributed by atoms with Crippen molar-refractivity contribution < 1.29 is 38.8 Å². The predicted octanol–water partition coefficient (Wildman–Crippen LogP) is 2.58. The number of piperidine rings is 3. The summed E-state index contributed by atoms with van der Waals surface area (Å²) in [7, 11) is 0. The summed E-state index contributed by atoms with van der Waals surface area (Å²) in [6.45, 7) is 4.69. The third-order valence-electron chi connectivity index (χ3n) is 6.68. The highest BCUT2D eigenvalue weighted by atomic mass is 16.6. The lowest BCUT2D eigenvalue weighted by Gasteiger charge is -2.44. The SMILES string of the molecule is O=C(N[C@H]1CN2CCC1CC2)c1ccc2c(c1)O[C@H](COCc1ccccc1)CO2.O=C(O)/C=C/C(=O)O. The van der Waals surface area contributed by atoms with Crippen LogP contribution in [-0.4, -0.2) is 78.0 Å². The number of hydrogen-bond donors (Lipinski definition) is 3. The van der Waals surface area contributed by atoms with E-state index in [1.54, 1.807) is 6.07 Å². The maximum absolute atomic E-state index is 12.8. The number of carboxylic acid groups (broad SMARTS) is 2. The van der Waals surface area contributed by atoms with Crippen LogP contribution in [0.5, 0.6) is 11.5 Å². The Morgan fingerprint density at radius 3 is 2.34 bits per heavy atom. The van der Waals surface area contributed by atoms with E-state index in [0.717, 1.165) is 25.2 Å². The fourth-order valence-corrected chi connectivity index (χ4v) is 4.74. The second-order valence-corrected chi connectivity index (χ2v) is 9.44. The average Bonchev–Trinajstić information content (AvgIpc) is 2.93. The molecule has 3 fully saturated rings. The molecule has 0 aliphatic carbocycles. The summed E-state index contributed by atoms with van der Waals surface area (Å²) >= 11 is 0. The molecule has 4 aliphatic heterocycles. The normalized spacial score (nSPS) is 23.3. The topological polar surface area (TPSA) is 135 Å². The second kappa shape index (κ2) is 13.1. The number of rotatable bonds is 8. The van der Waals surface area contributed by atoms with Crippen molar-refractivity contribution >= 4 is 17.8 Å². The molecule has 10 heteroatoms. The van der Waals surface area contributed by atoms with Crippen LogP contribution >= 0.6 is 0 Å². The maximum atomic E-state index is 12.8. The van der Waals surface area contributed by atoms with Crippen LogP contribution in [0.25, 0.3) is 0 Å². The molecule has 0 radical (unpaired) electrons. The molecule has 2 aromatic carbocycles. The molecule has 4 heterocycles. The summed E-state index contributed by atoms with van der Waals surface area (Å²) in [6.07, 6.45) is 3.28. The zero-order chi connectivity index (χ0) is 26.9. The molecular weight excluding hydrogens is 492 g/mol.